The molecule has 38 heavy (non-hydrogen) atoms. The zero-order chi connectivity index (χ0) is 27.8. The minimum atomic E-state index is -1.29. The molecule has 0 amide bonds. The second kappa shape index (κ2) is 12.4. The van der Waals surface area contributed by atoms with Gasteiger partial charge in [0, 0.05) is 24.5 Å². The third-order valence-electron chi connectivity index (χ3n) is 6.05. The molecule has 0 heterocycles. The molecule has 0 bridgehead atoms. The summed E-state index contributed by atoms with van der Waals surface area (Å²) in [5.41, 5.74) is 1.83. The fourth-order valence-electron chi connectivity index (χ4n) is 3.69. The lowest BCUT2D eigenvalue weighted by molar-refractivity contribution is -0.152. The first-order valence-corrected chi connectivity index (χ1v) is 12.6. The third-order valence-corrected chi connectivity index (χ3v) is 6.05. The van der Waals surface area contributed by atoms with Crippen LogP contribution in [0.3, 0.4) is 0 Å². The Morgan fingerprint density at radius 2 is 0.974 bits per heavy atom. The number of carbonyl (C=O) groups is 2. The largest absolute Gasteiger partial charge is 0.478 e. The zero-order valence-corrected chi connectivity index (χ0v) is 22.3. The molecule has 0 aliphatic heterocycles. The molecule has 0 fully saturated rings. The average Bonchev–Trinajstić information content (AvgIpc) is 2.86. The monoisotopic (exact) mass is 520 g/mol. The third kappa shape index (κ3) is 8.16. The van der Waals surface area contributed by atoms with E-state index in [0.717, 1.165) is 37.3 Å². The van der Waals surface area contributed by atoms with E-state index in [-0.39, 0.29) is 0 Å². The number of hydrogen-bond donors (Lipinski definition) is 4. The van der Waals surface area contributed by atoms with Gasteiger partial charge in [0.2, 0.25) is 0 Å². The molecule has 3 aromatic rings. The van der Waals surface area contributed by atoms with Gasteiger partial charge in [0.15, 0.2) is 11.2 Å². The van der Waals surface area contributed by atoms with E-state index in [4.69, 9.17) is 9.47 Å². The van der Waals surface area contributed by atoms with Gasteiger partial charge in [-0.05, 0) is 100 Å². The van der Waals surface area contributed by atoms with Crippen LogP contribution in [0, 0.1) is 0 Å². The van der Waals surface area contributed by atoms with Crippen LogP contribution in [-0.2, 0) is 22.4 Å². The normalized spacial score (nSPS) is 11.5. The van der Waals surface area contributed by atoms with Gasteiger partial charge in [-0.3, -0.25) is 0 Å². The summed E-state index contributed by atoms with van der Waals surface area (Å²) in [6.45, 7) is 7.57. The van der Waals surface area contributed by atoms with Crippen molar-refractivity contribution in [3.8, 4) is 11.5 Å². The van der Waals surface area contributed by atoms with Crippen LogP contribution in [0.1, 0.15) is 38.8 Å². The Morgan fingerprint density at radius 1 is 0.632 bits per heavy atom. The van der Waals surface area contributed by atoms with Gasteiger partial charge in [0.25, 0.3) is 0 Å². The summed E-state index contributed by atoms with van der Waals surface area (Å²) in [5.74, 6) is -1.02. The van der Waals surface area contributed by atoms with Crippen LogP contribution in [-0.4, -0.2) is 46.4 Å². The van der Waals surface area contributed by atoms with Crippen molar-refractivity contribution in [2.24, 2.45) is 0 Å². The Kier molecular flexibility index (Phi) is 9.23. The maximum atomic E-state index is 11.2. The Hall–Kier alpha value is -4.20. The van der Waals surface area contributed by atoms with Gasteiger partial charge in [0.1, 0.15) is 11.5 Å². The number of benzene rings is 3. The van der Waals surface area contributed by atoms with Gasteiger partial charge in [-0.15, -0.1) is 0 Å². The molecule has 8 heteroatoms. The highest BCUT2D eigenvalue weighted by Crippen LogP contribution is 2.23. The predicted octanol–water partition coefficient (Wildman–Crippen LogP) is 5.48. The predicted molar refractivity (Wildman–Crippen MR) is 148 cm³/mol. The molecule has 0 radical (unpaired) electrons. The van der Waals surface area contributed by atoms with Crippen LogP contribution in [0.5, 0.6) is 11.5 Å². The first kappa shape index (κ1) is 28.4. The van der Waals surface area contributed by atoms with Crippen molar-refractivity contribution in [1.82, 2.24) is 0 Å². The second-order valence-electron chi connectivity index (χ2n) is 10.0. The van der Waals surface area contributed by atoms with Crippen LogP contribution >= 0.6 is 0 Å². The number of aliphatic carboxylic acids is 2. The molecular weight excluding hydrogens is 484 g/mol. The van der Waals surface area contributed by atoms with Crippen molar-refractivity contribution in [3.05, 3.63) is 83.9 Å². The summed E-state index contributed by atoms with van der Waals surface area (Å²) < 4.78 is 11.1. The number of carboxylic acid groups (broad SMARTS) is 2. The molecule has 0 unspecified atom stereocenters. The van der Waals surface area contributed by atoms with E-state index < -0.39 is 23.1 Å². The summed E-state index contributed by atoms with van der Waals surface area (Å²) in [4.78, 5) is 22.5. The lowest BCUT2D eigenvalue weighted by Gasteiger charge is -2.21. The Morgan fingerprint density at radius 3 is 1.29 bits per heavy atom. The van der Waals surface area contributed by atoms with Gasteiger partial charge >= 0.3 is 11.9 Å². The molecule has 0 aromatic heterocycles. The van der Waals surface area contributed by atoms with Crippen molar-refractivity contribution in [2.75, 3.05) is 23.7 Å². The molecular formula is C30H36N2O6. The first-order valence-electron chi connectivity index (χ1n) is 12.6. The zero-order valence-electron chi connectivity index (χ0n) is 22.3. The quantitative estimate of drug-likeness (QED) is 0.221. The summed E-state index contributed by atoms with van der Waals surface area (Å²) >= 11 is 0. The fraction of sp³-hybridized carbons (Fsp3) is 0.333. The Bertz CT molecular complexity index is 1120. The van der Waals surface area contributed by atoms with Crippen molar-refractivity contribution in [1.29, 1.82) is 0 Å². The minimum absolute atomic E-state index is 0.507. The van der Waals surface area contributed by atoms with Crippen LogP contribution in [0.25, 0.3) is 0 Å². The second-order valence-corrected chi connectivity index (χ2v) is 10.0. The molecule has 0 spiro atoms. The minimum Gasteiger partial charge on any atom is -0.478 e. The number of anilines is 2. The fourth-order valence-corrected chi connectivity index (χ4v) is 3.69. The molecule has 202 valence electrons. The van der Waals surface area contributed by atoms with Gasteiger partial charge in [0.05, 0.1) is 0 Å². The van der Waals surface area contributed by atoms with Gasteiger partial charge in [-0.25, -0.2) is 9.59 Å². The molecule has 0 aliphatic rings. The summed E-state index contributed by atoms with van der Waals surface area (Å²) in [6.07, 6.45) is 1.71. The molecule has 0 atom stereocenters. The van der Waals surface area contributed by atoms with E-state index in [1.807, 2.05) is 36.4 Å². The molecule has 8 nitrogen and oxygen atoms in total. The molecule has 4 N–H and O–H groups in total. The van der Waals surface area contributed by atoms with E-state index in [1.54, 1.807) is 24.3 Å². The van der Waals surface area contributed by atoms with Gasteiger partial charge in [-0.2, -0.15) is 0 Å². The van der Waals surface area contributed by atoms with Crippen LogP contribution < -0.4 is 20.1 Å². The molecule has 3 aromatic carbocycles. The number of hydrogen-bond acceptors (Lipinski definition) is 6. The lowest BCUT2D eigenvalue weighted by Crippen LogP contribution is -2.37. The highest BCUT2D eigenvalue weighted by Gasteiger charge is 2.30. The van der Waals surface area contributed by atoms with Crippen molar-refractivity contribution in [2.45, 2.75) is 51.7 Å². The standard InChI is InChI=1S/C30H36N2O6/c1-29(2,27(33)34)37-25-13-9-23(10-14-25)31-19-17-21-7-5-6-8-22(21)18-20-32-24-11-15-26(16-12-24)38-30(3,4)28(35)36/h5-16,31-32H,17-20H2,1-4H3,(H,33,34)(H,35,36). The summed E-state index contributed by atoms with van der Waals surface area (Å²) in [5, 5.41) is 25.2. The number of nitrogens with one attached hydrogen (secondary N) is 2. The summed E-state index contributed by atoms with van der Waals surface area (Å²) in [6, 6.07) is 22.9. The van der Waals surface area contributed by atoms with E-state index in [0.29, 0.717) is 11.5 Å². The molecule has 0 aliphatic carbocycles. The molecule has 3 rings (SSSR count). The first-order chi connectivity index (χ1) is 18.0. The van der Waals surface area contributed by atoms with Crippen LogP contribution in [0.15, 0.2) is 72.8 Å². The van der Waals surface area contributed by atoms with E-state index in [2.05, 4.69) is 22.8 Å². The van der Waals surface area contributed by atoms with Crippen molar-refractivity contribution < 1.29 is 29.3 Å². The number of rotatable bonds is 14. The van der Waals surface area contributed by atoms with Gasteiger partial charge in [-0.1, -0.05) is 24.3 Å². The molecule has 0 saturated heterocycles. The summed E-state index contributed by atoms with van der Waals surface area (Å²) in [7, 11) is 0. The van der Waals surface area contributed by atoms with E-state index in [9.17, 15) is 19.8 Å². The average molecular weight is 521 g/mol. The number of ether oxygens (including phenoxy) is 2. The Labute approximate surface area is 223 Å². The highest BCUT2D eigenvalue weighted by atomic mass is 16.5. The van der Waals surface area contributed by atoms with Crippen molar-refractivity contribution in [3.63, 3.8) is 0 Å². The van der Waals surface area contributed by atoms with Crippen LogP contribution in [0.2, 0.25) is 0 Å². The maximum absolute atomic E-state index is 11.2. The lowest BCUT2D eigenvalue weighted by atomic mass is 10.0. The van der Waals surface area contributed by atoms with E-state index in [1.165, 1.54) is 38.8 Å². The van der Waals surface area contributed by atoms with Crippen molar-refractivity contribution >= 4 is 23.3 Å². The smallest absolute Gasteiger partial charge is 0.347 e. The van der Waals surface area contributed by atoms with Crippen LogP contribution in [0.4, 0.5) is 11.4 Å². The maximum Gasteiger partial charge on any atom is 0.347 e. The van der Waals surface area contributed by atoms with E-state index >= 15 is 0 Å². The highest BCUT2D eigenvalue weighted by molar-refractivity contribution is 5.77. The Balaban J connectivity index is 1.47. The topological polar surface area (TPSA) is 117 Å². The van der Waals surface area contributed by atoms with Gasteiger partial charge < -0.3 is 30.3 Å². The molecule has 0 saturated carbocycles. The SMILES string of the molecule is CC(C)(Oc1ccc(NCCc2ccccc2CCNc2ccc(OC(C)(C)C(=O)O)cc2)cc1)C(=O)O. The number of carboxylic acids is 2.